The van der Waals surface area contributed by atoms with Crippen LogP contribution in [-0.2, 0) is 6.54 Å². The van der Waals surface area contributed by atoms with Crippen LogP contribution in [0.1, 0.15) is 4.88 Å². The zero-order valence-corrected chi connectivity index (χ0v) is 12.2. The summed E-state index contributed by atoms with van der Waals surface area (Å²) in [6, 6.07) is 11.5. The number of hydrogen-bond donors (Lipinski definition) is 2. The molecule has 4 nitrogen and oxygen atoms in total. The van der Waals surface area contributed by atoms with Gasteiger partial charge < -0.3 is 19.9 Å². The fraction of sp³-hybridized carbons (Fsp3) is 0.333. The smallest absolute Gasteiger partial charge is 0.161 e. The summed E-state index contributed by atoms with van der Waals surface area (Å²) >= 11 is 1.70. The first-order valence-corrected chi connectivity index (χ1v) is 7.34. The Labute approximate surface area is 123 Å². The van der Waals surface area contributed by atoms with Gasteiger partial charge in [0.15, 0.2) is 11.5 Å². The van der Waals surface area contributed by atoms with E-state index in [1.807, 2.05) is 35.7 Å². The van der Waals surface area contributed by atoms with Crippen LogP contribution in [-0.4, -0.2) is 31.5 Å². The molecule has 0 radical (unpaired) electrons. The Morgan fingerprint density at radius 1 is 1.20 bits per heavy atom. The van der Waals surface area contributed by atoms with Gasteiger partial charge in [-0.3, -0.25) is 0 Å². The molecule has 2 aromatic rings. The largest absolute Gasteiger partial charge is 0.493 e. The lowest BCUT2D eigenvalue weighted by molar-refractivity contribution is 0.104. The predicted molar refractivity (Wildman–Crippen MR) is 80.5 cm³/mol. The molecule has 1 atom stereocenters. The molecule has 2 rings (SSSR count). The first-order valence-electron chi connectivity index (χ1n) is 6.46. The summed E-state index contributed by atoms with van der Waals surface area (Å²) in [4.78, 5) is 1.25. The Balaban J connectivity index is 1.70. The topological polar surface area (TPSA) is 50.7 Å². The summed E-state index contributed by atoms with van der Waals surface area (Å²) < 4.78 is 10.8. The number of hydrogen-bond acceptors (Lipinski definition) is 5. The minimum Gasteiger partial charge on any atom is -0.493 e. The SMILES string of the molecule is COc1ccccc1OCC(O)CNCc1cccs1. The maximum absolute atomic E-state index is 9.88. The number of aliphatic hydroxyl groups is 1. The summed E-state index contributed by atoms with van der Waals surface area (Å²) in [5.41, 5.74) is 0. The molecule has 0 saturated carbocycles. The van der Waals surface area contributed by atoms with Gasteiger partial charge in [-0.05, 0) is 23.6 Å². The summed E-state index contributed by atoms with van der Waals surface area (Å²) in [6.07, 6.45) is -0.556. The van der Waals surface area contributed by atoms with Gasteiger partial charge in [-0.1, -0.05) is 18.2 Å². The van der Waals surface area contributed by atoms with E-state index in [1.54, 1.807) is 18.4 Å². The molecule has 1 heterocycles. The van der Waals surface area contributed by atoms with Gasteiger partial charge in [0.05, 0.1) is 7.11 Å². The maximum atomic E-state index is 9.88. The van der Waals surface area contributed by atoms with E-state index in [4.69, 9.17) is 9.47 Å². The van der Waals surface area contributed by atoms with Crippen LogP contribution in [0.5, 0.6) is 11.5 Å². The van der Waals surface area contributed by atoms with Gasteiger partial charge in [0.25, 0.3) is 0 Å². The monoisotopic (exact) mass is 293 g/mol. The van der Waals surface area contributed by atoms with Gasteiger partial charge in [-0.15, -0.1) is 11.3 Å². The highest BCUT2D eigenvalue weighted by Gasteiger charge is 2.08. The van der Waals surface area contributed by atoms with E-state index in [2.05, 4.69) is 11.4 Å². The van der Waals surface area contributed by atoms with Crippen molar-refractivity contribution in [2.45, 2.75) is 12.6 Å². The molecule has 5 heteroatoms. The zero-order chi connectivity index (χ0) is 14.2. The molecule has 0 aliphatic carbocycles. The van der Waals surface area contributed by atoms with Crippen molar-refractivity contribution in [1.82, 2.24) is 5.32 Å². The summed E-state index contributed by atoms with van der Waals surface area (Å²) in [5, 5.41) is 15.1. The van der Waals surface area contributed by atoms with Crippen molar-refractivity contribution in [3.8, 4) is 11.5 Å². The van der Waals surface area contributed by atoms with Gasteiger partial charge in [-0.25, -0.2) is 0 Å². The quantitative estimate of drug-likeness (QED) is 0.784. The van der Waals surface area contributed by atoms with E-state index < -0.39 is 6.10 Å². The molecule has 20 heavy (non-hydrogen) atoms. The Morgan fingerprint density at radius 3 is 2.70 bits per heavy atom. The molecule has 1 aromatic heterocycles. The van der Waals surface area contributed by atoms with E-state index in [1.165, 1.54) is 4.88 Å². The Hall–Kier alpha value is -1.56. The third-order valence-electron chi connectivity index (χ3n) is 2.76. The van der Waals surface area contributed by atoms with E-state index >= 15 is 0 Å². The molecule has 0 amide bonds. The molecule has 2 N–H and O–H groups in total. The molecule has 1 unspecified atom stereocenters. The van der Waals surface area contributed by atoms with E-state index in [0.717, 1.165) is 6.54 Å². The molecule has 108 valence electrons. The first-order chi connectivity index (χ1) is 9.79. The highest BCUT2D eigenvalue weighted by atomic mass is 32.1. The lowest BCUT2D eigenvalue weighted by Gasteiger charge is -2.14. The normalized spacial score (nSPS) is 12.1. The van der Waals surface area contributed by atoms with Crippen molar-refractivity contribution in [3.63, 3.8) is 0 Å². The zero-order valence-electron chi connectivity index (χ0n) is 11.4. The van der Waals surface area contributed by atoms with E-state index in [0.29, 0.717) is 18.0 Å². The standard InChI is InChI=1S/C15H19NO3S/c1-18-14-6-2-3-7-15(14)19-11-12(17)9-16-10-13-5-4-8-20-13/h2-8,12,16-17H,9-11H2,1H3. The number of benzene rings is 1. The molecular weight excluding hydrogens is 274 g/mol. The summed E-state index contributed by atoms with van der Waals surface area (Å²) in [7, 11) is 1.60. The second kappa shape index (κ2) is 7.89. The van der Waals surface area contributed by atoms with Crippen LogP contribution < -0.4 is 14.8 Å². The van der Waals surface area contributed by atoms with Crippen molar-refractivity contribution >= 4 is 11.3 Å². The molecule has 0 fully saturated rings. The second-order valence-corrected chi connectivity index (χ2v) is 5.36. The summed E-state index contributed by atoms with van der Waals surface area (Å²) in [6.45, 7) is 1.49. The molecule has 0 aliphatic rings. The van der Waals surface area contributed by atoms with E-state index in [9.17, 15) is 5.11 Å². The number of ether oxygens (including phenoxy) is 2. The van der Waals surface area contributed by atoms with Gasteiger partial charge in [0.2, 0.25) is 0 Å². The molecule has 0 bridgehead atoms. The molecule has 0 aliphatic heterocycles. The maximum Gasteiger partial charge on any atom is 0.161 e. The average molecular weight is 293 g/mol. The number of aliphatic hydroxyl groups excluding tert-OH is 1. The predicted octanol–water partition coefficient (Wildman–Crippen LogP) is 2.29. The van der Waals surface area contributed by atoms with E-state index in [-0.39, 0.29) is 6.61 Å². The number of methoxy groups -OCH3 is 1. The van der Waals surface area contributed by atoms with Crippen LogP contribution in [0.25, 0.3) is 0 Å². The number of rotatable bonds is 8. The fourth-order valence-electron chi connectivity index (χ4n) is 1.76. The van der Waals surface area contributed by atoms with Crippen LogP contribution in [0.4, 0.5) is 0 Å². The molecule has 1 aromatic carbocycles. The second-order valence-electron chi connectivity index (χ2n) is 4.33. The van der Waals surface area contributed by atoms with Crippen molar-refractivity contribution in [3.05, 3.63) is 46.7 Å². The molecular formula is C15H19NO3S. The lowest BCUT2D eigenvalue weighted by atomic mass is 10.3. The van der Waals surface area contributed by atoms with Crippen LogP contribution in [0.15, 0.2) is 41.8 Å². The molecule has 0 saturated heterocycles. The Bertz CT molecular complexity index is 502. The van der Waals surface area contributed by atoms with Gasteiger partial charge in [0, 0.05) is 18.0 Å². The number of nitrogens with one attached hydrogen (secondary N) is 1. The van der Waals surface area contributed by atoms with Crippen molar-refractivity contribution < 1.29 is 14.6 Å². The minimum absolute atomic E-state index is 0.234. The highest BCUT2D eigenvalue weighted by molar-refractivity contribution is 7.09. The fourth-order valence-corrected chi connectivity index (χ4v) is 2.43. The first kappa shape index (κ1) is 14.8. The van der Waals surface area contributed by atoms with Crippen LogP contribution in [0.2, 0.25) is 0 Å². The minimum atomic E-state index is -0.556. The van der Waals surface area contributed by atoms with Crippen LogP contribution in [0, 0.1) is 0 Å². The number of para-hydroxylation sites is 2. The van der Waals surface area contributed by atoms with Crippen molar-refractivity contribution in [2.75, 3.05) is 20.3 Å². The average Bonchev–Trinajstić information content (AvgIpc) is 2.98. The lowest BCUT2D eigenvalue weighted by Crippen LogP contribution is -2.31. The van der Waals surface area contributed by atoms with Crippen molar-refractivity contribution in [1.29, 1.82) is 0 Å². The van der Waals surface area contributed by atoms with Crippen LogP contribution in [0.3, 0.4) is 0 Å². The van der Waals surface area contributed by atoms with Gasteiger partial charge in [0.1, 0.15) is 12.7 Å². The van der Waals surface area contributed by atoms with Crippen molar-refractivity contribution in [2.24, 2.45) is 0 Å². The molecule has 0 spiro atoms. The number of thiophene rings is 1. The highest BCUT2D eigenvalue weighted by Crippen LogP contribution is 2.25. The third kappa shape index (κ3) is 4.52. The Kier molecular flexibility index (Phi) is 5.86. The Morgan fingerprint density at radius 2 is 2.00 bits per heavy atom. The summed E-state index contributed by atoms with van der Waals surface area (Å²) in [5.74, 6) is 1.32. The van der Waals surface area contributed by atoms with Gasteiger partial charge >= 0.3 is 0 Å². The van der Waals surface area contributed by atoms with Crippen LogP contribution >= 0.6 is 11.3 Å². The third-order valence-corrected chi connectivity index (χ3v) is 3.64. The van der Waals surface area contributed by atoms with Gasteiger partial charge in [-0.2, -0.15) is 0 Å².